The van der Waals surface area contributed by atoms with Crippen LogP contribution >= 0.6 is 0 Å². The summed E-state index contributed by atoms with van der Waals surface area (Å²) in [5.41, 5.74) is 1.26. The molecule has 1 unspecified atom stereocenters. The van der Waals surface area contributed by atoms with E-state index >= 15 is 0 Å². The third kappa shape index (κ3) is 2.99. The number of ether oxygens (including phenoxy) is 2. The number of benzene rings is 1. The lowest BCUT2D eigenvalue weighted by atomic mass is 10.1. The zero-order chi connectivity index (χ0) is 11.6. The van der Waals surface area contributed by atoms with Crippen LogP contribution in [0.1, 0.15) is 32.3 Å². The second kappa shape index (κ2) is 4.46. The third-order valence-corrected chi connectivity index (χ3v) is 2.98. The van der Waals surface area contributed by atoms with E-state index in [1.807, 2.05) is 12.1 Å². The number of aryl methyl sites for hydroxylation is 1. The maximum absolute atomic E-state index is 5.88. The highest BCUT2D eigenvalue weighted by molar-refractivity contribution is 5.27. The van der Waals surface area contributed by atoms with Gasteiger partial charge in [-0.15, -0.1) is 0 Å². The normalized spacial score (nSPS) is 23.3. The highest BCUT2D eigenvalue weighted by Gasteiger charge is 2.31. The van der Waals surface area contributed by atoms with Crippen LogP contribution in [0.5, 0.6) is 5.75 Å². The molecule has 16 heavy (non-hydrogen) atoms. The molecule has 0 saturated carbocycles. The molecule has 88 valence electrons. The minimum absolute atomic E-state index is 0.0284. The van der Waals surface area contributed by atoms with E-state index in [0.717, 1.165) is 18.6 Å². The van der Waals surface area contributed by atoms with E-state index in [9.17, 15) is 0 Å². The van der Waals surface area contributed by atoms with Gasteiger partial charge in [0.15, 0.2) is 0 Å². The van der Waals surface area contributed by atoms with Gasteiger partial charge in [0.2, 0.25) is 0 Å². The topological polar surface area (TPSA) is 18.5 Å². The lowest BCUT2D eigenvalue weighted by molar-refractivity contribution is -0.0326. The van der Waals surface area contributed by atoms with E-state index < -0.39 is 0 Å². The van der Waals surface area contributed by atoms with Crippen LogP contribution in [-0.2, 0) is 4.74 Å². The van der Waals surface area contributed by atoms with Crippen molar-refractivity contribution < 1.29 is 9.47 Å². The van der Waals surface area contributed by atoms with Crippen molar-refractivity contribution in [2.24, 2.45) is 0 Å². The molecule has 1 aromatic rings. The van der Waals surface area contributed by atoms with E-state index in [-0.39, 0.29) is 11.7 Å². The molecule has 2 nitrogen and oxygen atoms in total. The van der Waals surface area contributed by atoms with Gasteiger partial charge < -0.3 is 9.47 Å². The first kappa shape index (κ1) is 11.5. The molecule has 1 saturated heterocycles. The van der Waals surface area contributed by atoms with Gasteiger partial charge in [0.05, 0.1) is 11.7 Å². The molecule has 2 rings (SSSR count). The van der Waals surface area contributed by atoms with Crippen LogP contribution in [0.4, 0.5) is 0 Å². The van der Waals surface area contributed by atoms with Crippen LogP contribution in [0, 0.1) is 6.92 Å². The molecule has 0 aliphatic carbocycles. The molecule has 0 aromatic heterocycles. The minimum atomic E-state index is 0.0284. The molecule has 0 amide bonds. The molecule has 1 fully saturated rings. The Kier molecular flexibility index (Phi) is 3.20. The van der Waals surface area contributed by atoms with Crippen molar-refractivity contribution in [3.8, 4) is 5.75 Å². The molecular formula is C14H20O2. The average Bonchev–Trinajstić information content (AvgIpc) is 2.56. The fraction of sp³-hybridized carbons (Fsp3) is 0.571. The summed E-state index contributed by atoms with van der Waals surface area (Å²) < 4.78 is 11.6. The highest BCUT2D eigenvalue weighted by atomic mass is 16.6. The van der Waals surface area contributed by atoms with Gasteiger partial charge in [-0.1, -0.05) is 12.1 Å². The summed E-state index contributed by atoms with van der Waals surface area (Å²) in [5.74, 6) is 0.938. The Labute approximate surface area is 97.6 Å². The molecule has 1 aromatic carbocycles. The van der Waals surface area contributed by atoms with Gasteiger partial charge in [-0.05, 0) is 51.3 Å². The number of rotatable bonds is 3. The van der Waals surface area contributed by atoms with E-state index in [2.05, 4.69) is 32.9 Å². The molecule has 1 aliphatic heterocycles. The Hall–Kier alpha value is -1.02. The van der Waals surface area contributed by atoms with Gasteiger partial charge in [0.1, 0.15) is 12.4 Å². The Morgan fingerprint density at radius 1 is 1.44 bits per heavy atom. The average molecular weight is 220 g/mol. The van der Waals surface area contributed by atoms with Crippen LogP contribution < -0.4 is 4.74 Å². The van der Waals surface area contributed by atoms with Crippen molar-refractivity contribution in [1.82, 2.24) is 0 Å². The van der Waals surface area contributed by atoms with Crippen LogP contribution in [0.25, 0.3) is 0 Å². The Bertz CT molecular complexity index is 358. The van der Waals surface area contributed by atoms with Crippen LogP contribution in [0.3, 0.4) is 0 Å². The van der Waals surface area contributed by atoms with Crippen LogP contribution in [0.15, 0.2) is 24.3 Å². The molecule has 0 N–H and O–H groups in total. The van der Waals surface area contributed by atoms with E-state index in [1.54, 1.807) is 0 Å². The van der Waals surface area contributed by atoms with Crippen molar-refractivity contribution >= 4 is 0 Å². The maximum atomic E-state index is 5.88. The summed E-state index contributed by atoms with van der Waals surface area (Å²) in [6.45, 7) is 7.01. The summed E-state index contributed by atoms with van der Waals surface area (Å²) in [4.78, 5) is 0. The molecule has 0 spiro atoms. The molecule has 1 heterocycles. The first-order valence-corrected chi connectivity index (χ1v) is 5.92. The van der Waals surface area contributed by atoms with Gasteiger partial charge in [-0.3, -0.25) is 0 Å². The van der Waals surface area contributed by atoms with E-state index in [4.69, 9.17) is 9.47 Å². The Balaban J connectivity index is 1.84. The van der Waals surface area contributed by atoms with E-state index in [0.29, 0.717) is 6.61 Å². The smallest absolute Gasteiger partial charge is 0.119 e. The highest BCUT2D eigenvalue weighted by Crippen LogP contribution is 2.29. The molecule has 1 atom stereocenters. The first-order chi connectivity index (χ1) is 7.55. The zero-order valence-corrected chi connectivity index (χ0v) is 10.3. The van der Waals surface area contributed by atoms with Crippen molar-refractivity contribution in [1.29, 1.82) is 0 Å². The van der Waals surface area contributed by atoms with Crippen LogP contribution in [0.2, 0.25) is 0 Å². The molecular weight excluding hydrogens is 200 g/mol. The number of hydrogen-bond donors (Lipinski definition) is 0. The summed E-state index contributed by atoms with van der Waals surface area (Å²) in [6, 6.07) is 8.14. The fourth-order valence-corrected chi connectivity index (χ4v) is 2.09. The first-order valence-electron chi connectivity index (χ1n) is 5.92. The predicted molar refractivity (Wildman–Crippen MR) is 64.9 cm³/mol. The monoisotopic (exact) mass is 220 g/mol. The lowest BCUT2D eigenvalue weighted by Gasteiger charge is -2.19. The minimum Gasteiger partial charge on any atom is -0.491 e. The van der Waals surface area contributed by atoms with E-state index in [1.165, 1.54) is 5.56 Å². The Morgan fingerprint density at radius 3 is 2.88 bits per heavy atom. The summed E-state index contributed by atoms with van der Waals surface area (Å²) in [6.07, 6.45) is 2.46. The summed E-state index contributed by atoms with van der Waals surface area (Å²) in [5, 5.41) is 0. The van der Waals surface area contributed by atoms with Crippen molar-refractivity contribution in [2.45, 2.75) is 45.3 Å². The third-order valence-electron chi connectivity index (χ3n) is 2.98. The summed E-state index contributed by atoms with van der Waals surface area (Å²) >= 11 is 0. The number of hydrogen-bond acceptors (Lipinski definition) is 2. The Morgan fingerprint density at radius 2 is 2.25 bits per heavy atom. The van der Waals surface area contributed by atoms with Gasteiger partial charge in [0.25, 0.3) is 0 Å². The second-order valence-corrected chi connectivity index (χ2v) is 5.17. The molecule has 0 radical (unpaired) electrons. The van der Waals surface area contributed by atoms with Crippen LogP contribution in [-0.4, -0.2) is 18.3 Å². The molecule has 2 heteroatoms. The largest absolute Gasteiger partial charge is 0.491 e. The van der Waals surface area contributed by atoms with Gasteiger partial charge in [-0.25, -0.2) is 0 Å². The lowest BCUT2D eigenvalue weighted by Crippen LogP contribution is -2.23. The fourth-order valence-electron chi connectivity index (χ4n) is 2.09. The van der Waals surface area contributed by atoms with Crippen molar-refractivity contribution in [3.05, 3.63) is 29.8 Å². The van der Waals surface area contributed by atoms with Gasteiger partial charge >= 0.3 is 0 Å². The molecule has 1 aliphatic rings. The van der Waals surface area contributed by atoms with Crippen molar-refractivity contribution in [2.75, 3.05) is 6.61 Å². The van der Waals surface area contributed by atoms with Gasteiger partial charge in [-0.2, -0.15) is 0 Å². The second-order valence-electron chi connectivity index (χ2n) is 5.17. The predicted octanol–water partition coefficient (Wildman–Crippen LogP) is 3.33. The molecule has 0 bridgehead atoms. The summed E-state index contributed by atoms with van der Waals surface area (Å²) in [7, 11) is 0. The quantitative estimate of drug-likeness (QED) is 0.778. The maximum Gasteiger partial charge on any atom is 0.119 e. The zero-order valence-electron chi connectivity index (χ0n) is 10.3. The standard InChI is InChI=1S/C14H20O2/c1-11-5-4-6-12(9-11)15-10-13-7-8-14(2,3)16-13/h4-6,9,13H,7-8,10H2,1-3H3. The van der Waals surface area contributed by atoms with Gasteiger partial charge in [0, 0.05) is 0 Å². The SMILES string of the molecule is Cc1cccc(OCC2CCC(C)(C)O2)c1. The van der Waals surface area contributed by atoms with Crippen molar-refractivity contribution in [3.63, 3.8) is 0 Å².